The van der Waals surface area contributed by atoms with Gasteiger partial charge in [0.25, 0.3) is 0 Å². The van der Waals surface area contributed by atoms with Crippen LogP contribution in [0, 0.1) is 0 Å². The third-order valence-electron chi connectivity index (χ3n) is 4.94. The number of carbonyl (C=O) groups excluding carboxylic acids is 2. The number of methoxy groups -OCH3 is 2. The molecule has 4 rings (SSSR count). The number of para-hydroxylation sites is 1. The lowest BCUT2D eigenvalue weighted by atomic mass is 10.2. The molecule has 1 saturated heterocycles. The Kier molecular flexibility index (Phi) is 6.24. The molecule has 0 bridgehead atoms. The number of halogens is 1. The number of ether oxygens (including phenoxy) is 2. The van der Waals surface area contributed by atoms with E-state index in [-0.39, 0.29) is 18.2 Å². The molecule has 0 aliphatic carbocycles. The Bertz CT molecular complexity index is 1030. The highest BCUT2D eigenvalue weighted by atomic mass is 35.5. The van der Waals surface area contributed by atoms with Crippen molar-refractivity contribution in [3.05, 3.63) is 47.5 Å². The zero-order valence-electron chi connectivity index (χ0n) is 17.0. The molecule has 0 unspecified atom stereocenters. The van der Waals surface area contributed by atoms with Gasteiger partial charge < -0.3 is 19.7 Å². The number of rotatable bonds is 6. The first-order valence-electron chi connectivity index (χ1n) is 9.54. The van der Waals surface area contributed by atoms with Gasteiger partial charge in [-0.25, -0.2) is 4.99 Å². The average Bonchev–Trinajstić information content (AvgIpc) is 3.08. The standard InChI is InChI=1S/C21H21ClN4O4S/c1-29-15-9-8-14(19(30-2)18(15)22)25-11-23-21-26(12-25)20(28)16(31-21)10-17(27)24-13-6-4-3-5-7-13/h3-9,16H,10-12H2,1-2H3,(H,24,27)/t16-/m0/s1. The van der Waals surface area contributed by atoms with Crippen LogP contribution in [-0.4, -0.2) is 54.7 Å². The minimum atomic E-state index is -0.510. The van der Waals surface area contributed by atoms with E-state index in [0.29, 0.717) is 46.4 Å². The number of hydrogen-bond acceptors (Lipinski definition) is 7. The van der Waals surface area contributed by atoms with Crippen molar-refractivity contribution < 1.29 is 19.1 Å². The molecule has 0 spiro atoms. The Morgan fingerprint density at radius 2 is 2.00 bits per heavy atom. The van der Waals surface area contributed by atoms with E-state index in [9.17, 15) is 9.59 Å². The normalized spacial score (nSPS) is 17.8. The molecule has 2 aromatic carbocycles. The van der Waals surface area contributed by atoms with Gasteiger partial charge in [-0.1, -0.05) is 41.6 Å². The first-order chi connectivity index (χ1) is 15.0. The molecule has 0 saturated carbocycles. The molecule has 162 valence electrons. The Hall–Kier alpha value is -2.91. The molecule has 1 fully saturated rings. The fourth-order valence-corrected chi connectivity index (χ4v) is 4.87. The summed E-state index contributed by atoms with van der Waals surface area (Å²) in [5.41, 5.74) is 1.41. The Labute approximate surface area is 189 Å². The quantitative estimate of drug-likeness (QED) is 0.711. The smallest absolute Gasteiger partial charge is 0.244 e. The molecule has 0 radical (unpaired) electrons. The molecule has 0 aromatic heterocycles. The summed E-state index contributed by atoms with van der Waals surface area (Å²) in [5.74, 6) is 0.603. The summed E-state index contributed by atoms with van der Waals surface area (Å²) in [6.07, 6.45) is 0.0750. The van der Waals surface area contributed by atoms with Crippen molar-refractivity contribution in [2.45, 2.75) is 11.7 Å². The molecule has 2 aliphatic rings. The molecule has 1 atom stereocenters. The van der Waals surface area contributed by atoms with Gasteiger partial charge >= 0.3 is 0 Å². The predicted molar refractivity (Wildman–Crippen MR) is 122 cm³/mol. The maximum absolute atomic E-state index is 13.0. The molecule has 1 N–H and O–H groups in total. The Balaban J connectivity index is 1.46. The lowest BCUT2D eigenvalue weighted by Crippen LogP contribution is -2.46. The van der Waals surface area contributed by atoms with E-state index in [0.717, 1.165) is 0 Å². The molecule has 2 aromatic rings. The van der Waals surface area contributed by atoms with Crippen molar-refractivity contribution in [3.63, 3.8) is 0 Å². The molecule has 31 heavy (non-hydrogen) atoms. The number of hydrogen-bond donors (Lipinski definition) is 1. The molecular weight excluding hydrogens is 440 g/mol. The van der Waals surface area contributed by atoms with Crippen molar-refractivity contribution in [3.8, 4) is 11.5 Å². The molecule has 2 aliphatic heterocycles. The van der Waals surface area contributed by atoms with Gasteiger partial charge in [-0.3, -0.25) is 14.5 Å². The fourth-order valence-electron chi connectivity index (χ4n) is 3.44. The van der Waals surface area contributed by atoms with Crippen molar-refractivity contribution in [2.75, 3.05) is 37.8 Å². The third-order valence-corrected chi connectivity index (χ3v) is 6.51. The van der Waals surface area contributed by atoms with Gasteiger partial charge in [0.05, 0.1) is 19.9 Å². The maximum Gasteiger partial charge on any atom is 0.244 e. The average molecular weight is 461 g/mol. The second kappa shape index (κ2) is 9.07. The minimum absolute atomic E-state index is 0.0750. The number of benzene rings is 2. The van der Waals surface area contributed by atoms with Gasteiger partial charge in [-0.05, 0) is 24.3 Å². The summed E-state index contributed by atoms with van der Waals surface area (Å²) in [6.45, 7) is 0.633. The minimum Gasteiger partial charge on any atom is -0.495 e. The van der Waals surface area contributed by atoms with Gasteiger partial charge in [0.15, 0.2) is 10.9 Å². The second-order valence-corrected chi connectivity index (χ2v) is 8.44. The van der Waals surface area contributed by atoms with E-state index in [4.69, 9.17) is 21.1 Å². The number of carbonyl (C=O) groups is 2. The number of thioether (sulfide) groups is 1. The maximum atomic E-state index is 13.0. The summed E-state index contributed by atoms with van der Waals surface area (Å²) >= 11 is 7.70. The number of fused-ring (bicyclic) bond motifs is 1. The van der Waals surface area contributed by atoms with Crippen LogP contribution in [0.5, 0.6) is 11.5 Å². The van der Waals surface area contributed by atoms with Crippen molar-refractivity contribution in [1.29, 1.82) is 0 Å². The van der Waals surface area contributed by atoms with Crippen LogP contribution in [-0.2, 0) is 9.59 Å². The summed E-state index contributed by atoms with van der Waals surface area (Å²) in [5, 5.41) is 3.29. The number of anilines is 2. The van der Waals surface area contributed by atoms with Crippen LogP contribution < -0.4 is 19.7 Å². The van der Waals surface area contributed by atoms with Crippen LogP contribution in [0.4, 0.5) is 11.4 Å². The number of amides is 2. The highest BCUT2D eigenvalue weighted by molar-refractivity contribution is 8.15. The van der Waals surface area contributed by atoms with Crippen LogP contribution in [0.25, 0.3) is 0 Å². The first kappa shape index (κ1) is 21.3. The van der Waals surface area contributed by atoms with E-state index >= 15 is 0 Å². The lowest BCUT2D eigenvalue weighted by Gasteiger charge is -2.33. The highest BCUT2D eigenvalue weighted by Crippen LogP contribution is 2.43. The second-order valence-electron chi connectivity index (χ2n) is 6.89. The first-order valence-corrected chi connectivity index (χ1v) is 10.8. The highest BCUT2D eigenvalue weighted by Gasteiger charge is 2.41. The van der Waals surface area contributed by atoms with Crippen molar-refractivity contribution >= 4 is 51.7 Å². The predicted octanol–water partition coefficient (Wildman–Crippen LogP) is 3.42. The summed E-state index contributed by atoms with van der Waals surface area (Å²) in [7, 11) is 3.06. The van der Waals surface area contributed by atoms with Crippen LogP contribution in [0.15, 0.2) is 47.5 Å². The fraction of sp³-hybridized carbons (Fsp3) is 0.286. The van der Waals surface area contributed by atoms with Crippen molar-refractivity contribution in [1.82, 2.24) is 4.90 Å². The van der Waals surface area contributed by atoms with Crippen molar-refractivity contribution in [2.24, 2.45) is 4.99 Å². The van der Waals surface area contributed by atoms with E-state index in [1.54, 1.807) is 23.1 Å². The topological polar surface area (TPSA) is 83.5 Å². The molecule has 8 nitrogen and oxygen atoms in total. The lowest BCUT2D eigenvalue weighted by molar-refractivity contribution is -0.128. The Morgan fingerprint density at radius 1 is 1.23 bits per heavy atom. The third kappa shape index (κ3) is 4.28. The molecular formula is C21H21ClN4O4S. The number of amidine groups is 1. The summed E-state index contributed by atoms with van der Waals surface area (Å²) < 4.78 is 10.7. The van der Waals surface area contributed by atoms with Crippen LogP contribution >= 0.6 is 23.4 Å². The molecule has 10 heteroatoms. The molecule has 2 heterocycles. The van der Waals surface area contributed by atoms with Crippen LogP contribution in [0.2, 0.25) is 5.02 Å². The summed E-state index contributed by atoms with van der Waals surface area (Å²) in [4.78, 5) is 33.4. The van der Waals surface area contributed by atoms with E-state index in [1.165, 1.54) is 26.0 Å². The zero-order valence-corrected chi connectivity index (χ0v) is 18.6. The number of nitrogens with zero attached hydrogens (tertiary/aromatic N) is 3. The summed E-state index contributed by atoms with van der Waals surface area (Å²) in [6, 6.07) is 12.7. The molecule has 2 amide bonds. The van der Waals surface area contributed by atoms with Gasteiger partial charge in [-0.15, -0.1) is 0 Å². The van der Waals surface area contributed by atoms with Gasteiger partial charge in [0.1, 0.15) is 29.4 Å². The largest absolute Gasteiger partial charge is 0.495 e. The van der Waals surface area contributed by atoms with Gasteiger partial charge in [0, 0.05) is 12.1 Å². The van der Waals surface area contributed by atoms with E-state index in [1.807, 2.05) is 29.2 Å². The monoisotopic (exact) mass is 460 g/mol. The van der Waals surface area contributed by atoms with Crippen LogP contribution in [0.3, 0.4) is 0 Å². The van der Waals surface area contributed by atoms with Crippen LogP contribution in [0.1, 0.15) is 6.42 Å². The van der Waals surface area contributed by atoms with E-state index in [2.05, 4.69) is 10.3 Å². The zero-order chi connectivity index (χ0) is 22.0. The Morgan fingerprint density at radius 3 is 2.71 bits per heavy atom. The van der Waals surface area contributed by atoms with Gasteiger partial charge in [0.2, 0.25) is 11.8 Å². The number of aliphatic imine (C=N–C) groups is 1. The number of nitrogens with one attached hydrogen (secondary N) is 1. The van der Waals surface area contributed by atoms with E-state index < -0.39 is 5.25 Å². The SMILES string of the molecule is COc1ccc(N2CN=C3S[C@@H](CC(=O)Nc4ccccc4)C(=O)N3C2)c(OC)c1Cl. The van der Waals surface area contributed by atoms with Gasteiger partial charge in [-0.2, -0.15) is 0 Å².